The van der Waals surface area contributed by atoms with Crippen molar-refractivity contribution >= 4 is 65.1 Å². The number of amides is 8. The number of carboxylic acid groups (broad SMARTS) is 1. The summed E-state index contributed by atoms with van der Waals surface area (Å²) in [5.41, 5.74) is 29.9. The van der Waals surface area contributed by atoms with E-state index in [0.717, 1.165) is 0 Å². The van der Waals surface area contributed by atoms with Crippen LogP contribution in [0.4, 0.5) is 0 Å². The number of hydrogen-bond donors (Lipinski definition) is 15. The van der Waals surface area contributed by atoms with E-state index in [9.17, 15) is 53.4 Å². The summed E-state index contributed by atoms with van der Waals surface area (Å²) in [6.45, 7) is 8.84. The molecule has 460 valence electrons. The molecule has 1 fully saturated rings. The van der Waals surface area contributed by atoms with Crippen molar-refractivity contribution in [3.63, 3.8) is 0 Å². The van der Waals surface area contributed by atoms with E-state index in [2.05, 4.69) is 57.2 Å². The van der Waals surface area contributed by atoms with Crippen molar-refractivity contribution in [3.8, 4) is 5.75 Å². The molecule has 0 bridgehead atoms. The summed E-state index contributed by atoms with van der Waals surface area (Å²) in [5, 5.41) is 38.8. The smallest absolute Gasteiger partial charge is 0.326 e. The molecule has 84 heavy (non-hydrogen) atoms. The van der Waals surface area contributed by atoms with Crippen molar-refractivity contribution in [2.45, 2.75) is 160 Å². The topological polar surface area (TPSA) is 465 Å². The number of carboxylic acids is 1. The number of nitrogens with two attached hydrogens (primary N) is 5. The van der Waals surface area contributed by atoms with E-state index in [-0.39, 0.29) is 107 Å². The van der Waals surface area contributed by atoms with Crippen LogP contribution in [0.2, 0.25) is 0 Å². The average molecular weight is 1170 g/mol. The van der Waals surface area contributed by atoms with Gasteiger partial charge in [-0.15, -0.1) is 0 Å². The van der Waals surface area contributed by atoms with E-state index in [4.69, 9.17) is 28.7 Å². The molecule has 2 heterocycles. The molecule has 0 spiro atoms. The lowest BCUT2D eigenvalue weighted by molar-refractivity contribution is -0.143. The van der Waals surface area contributed by atoms with Crippen LogP contribution >= 0.6 is 0 Å². The largest absolute Gasteiger partial charge is 0.508 e. The van der Waals surface area contributed by atoms with E-state index in [1.165, 1.54) is 36.5 Å². The number of phenols is 1. The monoisotopic (exact) mass is 1170 g/mol. The Hall–Kier alpha value is -8.82. The lowest BCUT2D eigenvalue weighted by Gasteiger charge is -2.31. The first kappa shape index (κ1) is 67.7. The number of phenolic OH excluding ortho intramolecular Hbond substituents is 1. The Labute approximate surface area is 488 Å². The van der Waals surface area contributed by atoms with E-state index in [0.29, 0.717) is 29.7 Å². The van der Waals surface area contributed by atoms with Gasteiger partial charge in [0.1, 0.15) is 54.1 Å². The van der Waals surface area contributed by atoms with Gasteiger partial charge in [-0.3, -0.25) is 48.3 Å². The average Bonchev–Trinajstić information content (AvgIpc) is 3.90. The Morgan fingerprint density at radius 2 is 1.17 bits per heavy atom. The molecule has 20 N–H and O–H groups in total. The molecule has 3 aromatic rings. The lowest BCUT2D eigenvalue weighted by atomic mass is 9.99. The van der Waals surface area contributed by atoms with Crippen molar-refractivity contribution in [1.29, 1.82) is 0 Å². The predicted octanol–water partition coefficient (Wildman–Crippen LogP) is -1.84. The van der Waals surface area contributed by atoms with Gasteiger partial charge in [-0.05, 0) is 87.0 Å². The van der Waals surface area contributed by atoms with Gasteiger partial charge in [-0.1, -0.05) is 76.6 Å². The number of aliphatic carboxylic acids is 1. The van der Waals surface area contributed by atoms with Crippen molar-refractivity contribution in [2.24, 2.45) is 50.5 Å². The van der Waals surface area contributed by atoms with E-state index >= 15 is 0 Å². The summed E-state index contributed by atoms with van der Waals surface area (Å²) < 4.78 is 0. The van der Waals surface area contributed by atoms with E-state index < -0.39 is 108 Å². The summed E-state index contributed by atoms with van der Waals surface area (Å²) in [6, 6.07) is 3.31. The molecule has 0 unspecified atom stereocenters. The van der Waals surface area contributed by atoms with Crippen LogP contribution in [-0.2, 0) is 62.4 Å². The Kier molecular flexibility index (Phi) is 27.4. The summed E-state index contributed by atoms with van der Waals surface area (Å²) in [4.78, 5) is 142. The number of likely N-dealkylation sites (tertiary alicyclic amines) is 1. The number of carbonyl (C=O) groups is 9. The summed E-state index contributed by atoms with van der Waals surface area (Å²) in [5.74, 6) is -8.03. The number of aliphatic imine (C=N–C) groups is 2. The van der Waals surface area contributed by atoms with Crippen molar-refractivity contribution in [3.05, 3.63) is 83.9 Å². The highest BCUT2D eigenvalue weighted by molar-refractivity contribution is 5.98. The molecule has 0 aliphatic carbocycles. The molecular weight excluding hydrogens is 1090 g/mol. The first-order chi connectivity index (χ1) is 39.9. The van der Waals surface area contributed by atoms with Gasteiger partial charge in [0.25, 0.3) is 0 Å². The number of H-pyrrole nitrogens is 1. The highest BCUT2D eigenvalue weighted by Gasteiger charge is 2.41. The maximum atomic E-state index is 15.0. The highest BCUT2D eigenvalue weighted by atomic mass is 16.4. The van der Waals surface area contributed by atoms with Gasteiger partial charge in [-0.25, -0.2) is 9.78 Å². The molecule has 0 radical (unpaired) electrons. The summed E-state index contributed by atoms with van der Waals surface area (Å²) in [7, 11) is 0. The lowest BCUT2D eigenvalue weighted by Crippen LogP contribution is -2.60. The number of nitrogens with zero attached hydrogens (tertiary/aromatic N) is 4. The third kappa shape index (κ3) is 22.5. The molecule has 28 nitrogen and oxygen atoms in total. The van der Waals surface area contributed by atoms with Gasteiger partial charge < -0.3 is 86.0 Å². The fourth-order valence-electron chi connectivity index (χ4n) is 9.23. The molecule has 0 saturated carbocycles. The quantitative estimate of drug-likeness (QED) is 0.0177. The van der Waals surface area contributed by atoms with Crippen LogP contribution in [0.15, 0.2) is 77.1 Å². The van der Waals surface area contributed by atoms with Crippen molar-refractivity contribution in [1.82, 2.24) is 52.1 Å². The van der Waals surface area contributed by atoms with Crippen LogP contribution in [0.3, 0.4) is 0 Å². The van der Waals surface area contributed by atoms with Gasteiger partial charge in [0.05, 0.1) is 12.4 Å². The number of carbonyl (C=O) groups excluding carboxylic acids is 8. The number of aromatic hydroxyl groups is 1. The van der Waals surface area contributed by atoms with Crippen LogP contribution in [0, 0.1) is 11.8 Å². The second-order valence-electron chi connectivity index (χ2n) is 21.4. The number of aromatic amines is 1. The zero-order chi connectivity index (χ0) is 62.0. The predicted molar refractivity (Wildman–Crippen MR) is 313 cm³/mol. The molecule has 8 amide bonds. The summed E-state index contributed by atoms with van der Waals surface area (Å²) >= 11 is 0. The molecule has 1 aliphatic rings. The number of hydrogen-bond acceptors (Lipinski definition) is 14. The standard InChI is InChI=1S/C56H85N17O11/c1-6-32(4)45(57)52(81)66-33(5)46(75)67-38(15-10-22-63-55(58)59)47(76)68-39(16-11-23-64-56(60)61)48(77)71-42(28-36-29-62-30-65-36)53(82)73-24-12-17-44(73)51(80)70-41(27-35-18-20-37(74)21-19-35)49(78)69-40(26-34-13-8-7-9-14-34)50(79)72-43(54(83)84)25-31(2)3/h7-9,13-14,18-21,29-33,38-45,74H,6,10-12,15-17,22-28,57H2,1-5H3,(H,62,65)(H,66,81)(H,67,75)(H,68,76)(H,69,78)(H,70,80)(H,71,77)(H,72,79)(H,83,84)(H4,58,59,63)(H4,60,61,64)/t32-,33+,38-,39+,40+,41-,42-,43+,44-,45-/m0/s1. The number of aromatic nitrogens is 2. The van der Waals surface area contributed by atoms with Gasteiger partial charge in [0, 0.05) is 50.8 Å². The van der Waals surface area contributed by atoms with Crippen LogP contribution in [-0.4, -0.2) is 164 Å². The Morgan fingerprint density at radius 3 is 1.69 bits per heavy atom. The Balaban J connectivity index is 1.64. The maximum absolute atomic E-state index is 15.0. The minimum absolute atomic E-state index is 0.0319. The molecule has 10 atom stereocenters. The highest BCUT2D eigenvalue weighted by Crippen LogP contribution is 2.21. The third-order valence-corrected chi connectivity index (χ3v) is 14.1. The van der Waals surface area contributed by atoms with Gasteiger partial charge in [0.2, 0.25) is 47.3 Å². The molecule has 2 aromatic carbocycles. The number of benzene rings is 2. The SMILES string of the molecule is CC[C@H](C)[C@H](N)C(=O)N[C@H](C)C(=O)N[C@@H](CCCN=C(N)N)C(=O)N[C@H](CCCN=C(N)N)C(=O)N[C@@H](Cc1cnc[nH]1)C(=O)N1CCC[C@H]1C(=O)N[C@@H](Cc1ccc(O)cc1)C(=O)N[C@H](Cc1ccccc1)C(=O)N[C@H](CC(C)C)C(=O)O. The first-order valence-electron chi connectivity index (χ1n) is 28.2. The van der Waals surface area contributed by atoms with Gasteiger partial charge in [0.15, 0.2) is 11.9 Å². The van der Waals surface area contributed by atoms with Gasteiger partial charge in [-0.2, -0.15) is 0 Å². The molecule has 28 heteroatoms. The minimum atomic E-state index is -1.40. The Morgan fingerprint density at radius 1 is 0.655 bits per heavy atom. The number of guanidine groups is 2. The van der Waals surface area contributed by atoms with Crippen LogP contribution in [0.25, 0.3) is 0 Å². The van der Waals surface area contributed by atoms with Gasteiger partial charge >= 0.3 is 5.97 Å². The van der Waals surface area contributed by atoms with E-state index in [1.807, 2.05) is 6.92 Å². The number of nitrogens with one attached hydrogen (secondary N) is 8. The van der Waals surface area contributed by atoms with Crippen LogP contribution in [0.5, 0.6) is 5.75 Å². The summed E-state index contributed by atoms with van der Waals surface area (Å²) in [6.07, 6.45) is 3.83. The van der Waals surface area contributed by atoms with Crippen LogP contribution in [0.1, 0.15) is 103 Å². The molecule has 1 aromatic heterocycles. The number of rotatable bonds is 34. The molecule has 1 aliphatic heterocycles. The van der Waals surface area contributed by atoms with Crippen molar-refractivity contribution in [2.75, 3.05) is 19.6 Å². The second kappa shape index (κ2) is 33.9. The van der Waals surface area contributed by atoms with Crippen LogP contribution < -0.4 is 65.9 Å². The first-order valence-corrected chi connectivity index (χ1v) is 28.2. The fraction of sp³-hybridized carbons (Fsp3) is 0.536. The minimum Gasteiger partial charge on any atom is -0.508 e. The third-order valence-electron chi connectivity index (χ3n) is 14.1. The fourth-order valence-corrected chi connectivity index (χ4v) is 9.23. The second-order valence-corrected chi connectivity index (χ2v) is 21.4. The Bertz CT molecular complexity index is 2720. The van der Waals surface area contributed by atoms with E-state index in [1.54, 1.807) is 63.2 Å². The zero-order valence-corrected chi connectivity index (χ0v) is 48.3. The number of imidazole rings is 1. The molecular formula is C56H85N17O11. The zero-order valence-electron chi connectivity index (χ0n) is 48.3. The molecule has 1 saturated heterocycles. The van der Waals surface area contributed by atoms with Crippen molar-refractivity contribution < 1.29 is 53.4 Å². The molecule has 4 rings (SSSR count). The maximum Gasteiger partial charge on any atom is 0.326 e. The normalized spacial score (nSPS) is 16.1.